The molecule has 2 rings (SSSR count). The molecule has 0 aliphatic carbocycles. The van der Waals surface area contributed by atoms with Crippen LogP contribution in [0.15, 0.2) is 48.8 Å². The van der Waals surface area contributed by atoms with Crippen molar-refractivity contribution in [3.8, 4) is 0 Å². The van der Waals surface area contributed by atoms with E-state index in [1.165, 1.54) is 6.92 Å². The van der Waals surface area contributed by atoms with Crippen molar-refractivity contribution in [2.75, 3.05) is 10.6 Å². The summed E-state index contributed by atoms with van der Waals surface area (Å²) in [6.07, 6.45) is 3.22. The number of aromatic nitrogens is 1. The lowest BCUT2D eigenvalue weighted by Gasteiger charge is -2.07. The molecule has 0 unspecified atom stereocenters. The van der Waals surface area contributed by atoms with Crippen LogP contribution in [-0.4, -0.2) is 22.7 Å². The smallest absolute Gasteiger partial charge is 0.313 e. The van der Waals surface area contributed by atoms with E-state index in [4.69, 9.17) is 0 Å². The first kappa shape index (κ1) is 16.2. The summed E-state index contributed by atoms with van der Waals surface area (Å²) in [5.74, 6) is -1.67. The van der Waals surface area contributed by atoms with Gasteiger partial charge in [0.1, 0.15) is 0 Å². The van der Waals surface area contributed by atoms with Gasteiger partial charge in [0.05, 0.1) is 0 Å². The third kappa shape index (κ3) is 5.24. The van der Waals surface area contributed by atoms with Crippen molar-refractivity contribution in [2.45, 2.75) is 13.5 Å². The minimum Gasteiger partial charge on any atom is -0.344 e. The van der Waals surface area contributed by atoms with E-state index in [2.05, 4.69) is 20.9 Å². The highest BCUT2D eigenvalue weighted by molar-refractivity contribution is 6.39. The Morgan fingerprint density at radius 2 is 1.43 bits per heavy atom. The van der Waals surface area contributed by atoms with Crippen molar-refractivity contribution < 1.29 is 14.4 Å². The fraction of sp³-hybridized carbons (Fsp3) is 0.125. The Morgan fingerprint density at radius 1 is 0.870 bits per heavy atom. The van der Waals surface area contributed by atoms with Crippen LogP contribution >= 0.6 is 0 Å². The maximum atomic E-state index is 11.8. The van der Waals surface area contributed by atoms with E-state index < -0.39 is 11.8 Å². The normalized spacial score (nSPS) is 9.78. The molecule has 0 atom stereocenters. The Hall–Kier alpha value is -3.22. The summed E-state index contributed by atoms with van der Waals surface area (Å²) in [7, 11) is 0. The van der Waals surface area contributed by atoms with Gasteiger partial charge in [-0.3, -0.25) is 19.4 Å². The summed E-state index contributed by atoms with van der Waals surface area (Å²) < 4.78 is 0. The number of carbonyl (C=O) groups is 3. The van der Waals surface area contributed by atoms with E-state index in [0.29, 0.717) is 11.4 Å². The molecule has 0 fully saturated rings. The molecule has 3 amide bonds. The van der Waals surface area contributed by atoms with Crippen molar-refractivity contribution in [3.05, 3.63) is 54.4 Å². The lowest BCUT2D eigenvalue weighted by Crippen LogP contribution is -2.34. The molecule has 1 aromatic carbocycles. The fourth-order valence-corrected chi connectivity index (χ4v) is 1.79. The number of benzene rings is 1. The van der Waals surface area contributed by atoms with Gasteiger partial charge in [-0.05, 0) is 42.0 Å². The van der Waals surface area contributed by atoms with Gasteiger partial charge in [0.15, 0.2) is 0 Å². The van der Waals surface area contributed by atoms with Crippen LogP contribution in [0.1, 0.15) is 12.5 Å². The van der Waals surface area contributed by atoms with Gasteiger partial charge in [-0.25, -0.2) is 0 Å². The van der Waals surface area contributed by atoms with Crippen molar-refractivity contribution in [2.24, 2.45) is 0 Å². The Balaban J connectivity index is 1.85. The molecule has 1 heterocycles. The van der Waals surface area contributed by atoms with Crippen molar-refractivity contribution >= 4 is 29.1 Å². The lowest BCUT2D eigenvalue weighted by molar-refractivity contribution is -0.136. The largest absolute Gasteiger partial charge is 0.344 e. The zero-order chi connectivity index (χ0) is 16.7. The molecule has 7 nitrogen and oxygen atoms in total. The first-order chi connectivity index (χ1) is 11.0. The quantitative estimate of drug-likeness (QED) is 0.741. The van der Waals surface area contributed by atoms with E-state index in [0.717, 1.165) is 5.56 Å². The van der Waals surface area contributed by atoms with Gasteiger partial charge in [-0.2, -0.15) is 0 Å². The van der Waals surface area contributed by atoms with Crippen molar-refractivity contribution in [1.29, 1.82) is 0 Å². The maximum absolute atomic E-state index is 11.8. The Bertz CT molecular complexity index is 699. The number of pyridine rings is 1. The highest BCUT2D eigenvalue weighted by Gasteiger charge is 2.13. The first-order valence-electron chi connectivity index (χ1n) is 6.90. The number of carbonyl (C=O) groups excluding carboxylic acids is 3. The van der Waals surface area contributed by atoms with E-state index >= 15 is 0 Å². The molecule has 7 heteroatoms. The molecule has 2 aromatic rings. The number of nitrogens with one attached hydrogen (secondary N) is 3. The minimum atomic E-state index is -0.758. The molecule has 0 bridgehead atoms. The average molecular weight is 312 g/mol. The SMILES string of the molecule is CC(=O)Nc1ccc(NC(=O)C(=O)NCc2ccncc2)cc1. The summed E-state index contributed by atoms with van der Waals surface area (Å²) in [5, 5.41) is 7.61. The van der Waals surface area contributed by atoms with E-state index in [9.17, 15) is 14.4 Å². The first-order valence-corrected chi connectivity index (χ1v) is 6.90. The second-order valence-electron chi connectivity index (χ2n) is 4.75. The zero-order valence-corrected chi connectivity index (χ0v) is 12.5. The molecule has 0 spiro atoms. The van der Waals surface area contributed by atoms with Crippen LogP contribution in [0.2, 0.25) is 0 Å². The number of hydrogen-bond acceptors (Lipinski definition) is 4. The van der Waals surface area contributed by atoms with Gasteiger partial charge in [-0.15, -0.1) is 0 Å². The lowest BCUT2D eigenvalue weighted by atomic mass is 10.2. The third-order valence-electron chi connectivity index (χ3n) is 2.87. The van der Waals surface area contributed by atoms with Crippen molar-refractivity contribution in [1.82, 2.24) is 10.3 Å². The maximum Gasteiger partial charge on any atom is 0.313 e. The van der Waals surface area contributed by atoms with Crippen molar-refractivity contribution in [3.63, 3.8) is 0 Å². The van der Waals surface area contributed by atoms with Crippen LogP contribution in [0.3, 0.4) is 0 Å². The average Bonchev–Trinajstić information content (AvgIpc) is 2.55. The molecular weight excluding hydrogens is 296 g/mol. The molecule has 118 valence electrons. The summed E-state index contributed by atoms with van der Waals surface area (Å²) in [4.78, 5) is 38.3. The number of rotatable bonds is 4. The summed E-state index contributed by atoms with van der Waals surface area (Å²) >= 11 is 0. The van der Waals surface area contributed by atoms with E-state index in [1.54, 1.807) is 48.8 Å². The van der Waals surface area contributed by atoms with Gasteiger partial charge in [0, 0.05) is 37.2 Å². The van der Waals surface area contributed by atoms with Crippen LogP contribution in [-0.2, 0) is 20.9 Å². The van der Waals surface area contributed by atoms with Gasteiger partial charge in [0.2, 0.25) is 5.91 Å². The summed E-state index contributed by atoms with van der Waals surface area (Å²) in [6, 6.07) is 9.95. The molecule has 0 saturated heterocycles. The van der Waals surface area contributed by atoms with Crippen LogP contribution in [0.25, 0.3) is 0 Å². The topological polar surface area (TPSA) is 100 Å². The molecule has 0 aliphatic heterocycles. The molecule has 0 radical (unpaired) electrons. The number of amides is 3. The van der Waals surface area contributed by atoms with Crippen LogP contribution in [0, 0.1) is 0 Å². The number of anilines is 2. The van der Waals surface area contributed by atoms with Crippen LogP contribution in [0.4, 0.5) is 11.4 Å². The molecule has 3 N–H and O–H groups in total. The Morgan fingerprint density at radius 3 is 2.00 bits per heavy atom. The number of nitrogens with zero attached hydrogens (tertiary/aromatic N) is 1. The third-order valence-corrected chi connectivity index (χ3v) is 2.87. The second-order valence-corrected chi connectivity index (χ2v) is 4.75. The standard InChI is InChI=1S/C16H16N4O3/c1-11(21)19-13-2-4-14(5-3-13)20-16(23)15(22)18-10-12-6-8-17-9-7-12/h2-9H,10H2,1H3,(H,18,22)(H,19,21)(H,20,23). The Labute approximate surface area is 133 Å². The molecule has 23 heavy (non-hydrogen) atoms. The van der Waals surface area contributed by atoms with E-state index in [1.807, 2.05) is 0 Å². The van der Waals surface area contributed by atoms with Gasteiger partial charge in [-0.1, -0.05) is 0 Å². The summed E-state index contributed by atoms with van der Waals surface area (Å²) in [5.41, 5.74) is 1.92. The van der Waals surface area contributed by atoms with Crippen LogP contribution in [0.5, 0.6) is 0 Å². The molecule has 1 aromatic heterocycles. The fourth-order valence-electron chi connectivity index (χ4n) is 1.79. The van der Waals surface area contributed by atoms with Gasteiger partial charge >= 0.3 is 11.8 Å². The predicted molar refractivity (Wildman–Crippen MR) is 85.5 cm³/mol. The molecule has 0 saturated carbocycles. The van der Waals surface area contributed by atoms with Crippen LogP contribution < -0.4 is 16.0 Å². The highest BCUT2D eigenvalue weighted by Crippen LogP contribution is 2.13. The van der Waals surface area contributed by atoms with E-state index in [-0.39, 0.29) is 12.5 Å². The number of hydrogen-bond donors (Lipinski definition) is 3. The molecular formula is C16H16N4O3. The zero-order valence-electron chi connectivity index (χ0n) is 12.5. The van der Waals surface area contributed by atoms with Gasteiger partial charge < -0.3 is 16.0 Å². The predicted octanol–water partition coefficient (Wildman–Crippen LogP) is 1.29. The Kier molecular flexibility index (Phi) is 5.40. The second kappa shape index (κ2) is 7.69. The summed E-state index contributed by atoms with van der Waals surface area (Å²) in [6.45, 7) is 1.65. The minimum absolute atomic E-state index is 0.183. The monoisotopic (exact) mass is 312 g/mol. The molecule has 0 aliphatic rings. The highest BCUT2D eigenvalue weighted by atomic mass is 16.2. The van der Waals surface area contributed by atoms with Gasteiger partial charge in [0.25, 0.3) is 0 Å².